The number of hydrogen-bond donors (Lipinski definition) is 1. The van der Waals surface area contributed by atoms with Gasteiger partial charge in [0.2, 0.25) is 10.0 Å². The van der Waals surface area contributed by atoms with Crippen molar-refractivity contribution < 1.29 is 62.1 Å². The number of carboxylic acid groups (broad SMARTS) is 1. The van der Waals surface area contributed by atoms with Gasteiger partial charge >= 0.3 is 29.6 Å². The van der Waals surface area contributed by atoms with Crippen molar-refractivity contribution in [2.24, 2.45) is 0 Å². The number of nitrogens with one attached hydrogen (secondary N) is 1. The minimum absolute atomic E-state index is 0. The van der Waals surface area contributed by atoms with Gasteiger partial charge in [0.1, 0.15) is 29.5 Å². The summed E-state index contributed by atoms with van der Waals surface area (Å²) in [6.07, 6.45) is 3.40. The van der Waals surface area contributed by atoms with E-state index in [1.54, 1.807) is 0 Å². The Bertz CT molecular complexity index is 1560. The van der Waals surface area contributed by atoms with Gasteiger partial charge in [-0.15, -0.1) is 0 Å². The van der Waals surface area contributed by atoms with Crippen LogP contribution in [0.25, 0.3) is 11.1 Å². The molecule has 10 heteroatoms. The first kappa shape index (κ1) is 32.4. The maximum Gasteiger partial charge on any atom is 1.00 e. The molecule has 1 N–H and O–H groups in total. The number of benzene rings is 3. The van der Waals surface area contributed by atoms with Crippen LogP contribution in [0.3, 0.4) is 0 Å². The molecular weight excluding hydrogens is 565 g/mol. The Kier molecular flexibility index (Phi) is 10.00. The molecule has 3 aromatic carbocycles. The molecule has 1 saturated carbocycles. The predicted octanol–water partition coefficient (Wildman–Crippen LogP) is 1.33. The van der Waals surface area contributed by atoms with Crippen LogP contribution in [-0.4, -0.2) is 39.4 Å². The van der Waals surface area contributed by atoms with Crippen LogP contribution in [0, 0.1) is 20.8 Å². The summed E-state index contributed by atoms with van der Waals surface area (Å²) in [5, 5.41) is 11.3. The number of aliphatic carboxylic acids is 1. The van der Waals surface area contributed by atoms with Crippen molar-refractivity contribution in [1.82, 2.24) is 4.72 Å². The number of fused-ring (bicyclic) bond motifs is 1. The number of hydrogen-bond acceptors (Lipinski definition) is 7. The molecule has 0 amide bonds. The second-order valence-corrected chi connectivity index (χ2v) is 13.0. The second-order valence-electron chi connectivity index (χ2n) is 11.2. The SMILES string of the molecule is Cc1cc(OCCCNS(C)(=O)=O)cc(C)c1-c1cccc(COc2ccc3c(c2)OC2(CC2)C3CC(=O)[O-])c1C.[Na+]. The fraction of sp³-hybridized carbons (Fsp3) is 0.406. The third-order valence-electron chi connectivity index (χ3n) is 7.99. The molecule has 0 bridgehead atoms. The van der Waals surface area contributed by atoms with E-state index in [0.29, 0.717) is 37.7 Å². The van der Waals surface area contributed by atoms with E-state index in [2.05, 4.69) is 37.6 Å². The van der Waals surface area contributed by atoms with Gasteiger partial charge in [-0.25, -0.2) is 13.1 Å². The van der Waals surface area contributed by atoms with E-state index >= 15 is 0 Å². The van der Waals surface area contributed by atoms with Gasteiger partial charge in [-0.05, 0) is 98.0 Å². The molecule has 8 nitrogen and oxygen atoms in total. The molecule has 0 radical (unpaired) electrons. The largest absolute Gasteiger partial charge is 1.00 e. The van der Waals surface area contributed by atoms with E-state index in [9.17, 15) is 18.3 Å². The molecule has 5 rings (SSSR count). The van der Waals surface area contributed by atoms with Crippen LogP contribution < -0.4 is 53.6 Å². The van der Waals surface area contributed by atoms with Crippen molar-refractivity contribution in [3.05, 3.63) is 76.3 Å². The van der Waals surface area contributed by atoms with Gasteiger partial charge in [-0.2, -0.15) is 0 Å². The van der Waals surface area contributed by atoms with Crippen molar-refractivity contribution in [3.63, 3.8) is 0 Å². The number of sulfonamides is 1. The Hall–Kier alpha value is -2.56. The molecule has 3 aromatic rings. The number of rotatable bonds is 12. The molecule has 1 aliphatic heterocycles. The maximum absolute atomic E-state index is 11.3. The van der Waals surface area contributed by atoms with Crippen molar-refractivity contribution in [2.45, 2.75) is 64.6 Å². The van der Waals surface area contributed by atoms with Gasteiger partial charge in [-0.1, -0.05) is 24.3 Å². The Balaban J connectivity index is 0.00000405. The third-order valence-corrected chi connectivity index (χ3v) is 8.72. The number of ether oxygens (including phenoxy) is 3. The summed E-state index contributed by atoms with van der Waals surface area (Å²) < 4.78 is 43.2. The Morgan fingerprint density at radius 2 is 1.76 bits per heavy atom. The summed E-state index contributed by atoms with van der Waals surface area (Å²) >= 11 is 0. The Morgan fingerprint density at radius 3 is 2.40 bits per heavy atom. The first-order valence-corrected chi connectivity index (χ1v) is 15.8. The van der Waals surface area contributed by atoms with Gasteiger partial charge in [0.05, 0.1) is 12.9 Å². The topological polar surface area (TPSA) is 114 Å². The summed E-state index contributed by atoms with van der Waals surface area (Å²) in [5.74, 6) is 0.918. The van der Waals surface area contributed by atoms with E-state index in [-0.39, 0.29) is 41.9 Å². The molecule has 42 heavy (non-hydrogen) atoms. The number of carboxylic acids is 1. The van der Waals surface area contributed by atoms with Crippen LogP contribution in [0.1, 0.15) is 59.4 Å². The first-order chi connectivity index (χ1) is 19.5. The second kappa shape index (κ2) is 13.0. The van der Waals surface area contributed by atoms with Crippen LogP contribution in [0.15, 0.2) is 48.5 Å². The molecule has 1 atom stereocenters. The van der Waals surface area contributed by atoms with Crippen molar-refractivity contribution in [1.29, 1.82) is 0 Å². The van der Waals surface area contributed by atoms with E-state index < -0.39 is 21.6 Å². The predicted molar refractivity (Wildman–Crippen MR) is 155 cm³/mol. The van der Waals surface area contributed by atoms with Gasteiger partial charge < -0.3 is 24.1 Å². The zero-order valence-corrected chi connectivity index (χ0v) is 27.7. The zero-order chi connectivity index (χ0) is 29.4. The normalized spacial score (nSPS) is 16.3. The van der Waals surface area contributed by atoms with Crippen LogP contribution >= 0.6 is 0 Å². The molecule has 1 unspecified atom stereocenters. The number of carbonyl (C=O) groups is 1. The minimum atomic E-state index is -3.20. The molecule has 1 aliphatic carbocycles. The molecule has 1 fully saturated rings. The summed E-state index contributed by atoms with van der Waals surface area (Å²) in [5.41, 5.74) is 7.17. The smallest absolute Gasteiger partial charge is 0.550 e. The average molecular weight is 602 g/mol. The fourth-order valence-electron chi connectivity index (χ4n) is 5.81. The van der Waals surface area contributed by atoms with Crippen LogP contribution in [0.5, 0.6) is 17.2 Å². The van der Waals surface area contributed by atoms with Crippen LogP contribution in [-0.2, 0) is 21.4 Å². The van der Waals surface area contributed by atoms with Crippen molar-refractivity contribution in [2.75, 3.05) is 19.4 Å². The van der Waals surface area contributed by atoms with E-state index in [4.69, 9.17) is 14.2 Å². The Labute approximate surface area is 270 Å². The van der Waals surface area contributed by atoms with Gasteiger partial charge in [0.25, 0.3) is 0 Å². The molecule has 218 valence electrons. The monoisotopic (exact) mass is 601 g/mol. The van der Waals surface area contributed by atoms with Crippen LogP contribution in [0.2, 0.25) is 0 Å². The molecule has 2 aliphatic rings. The minimum Gasteiger partial charge on any atom is -0.550 e. The molecule has 0 aromatic heterocycles. The quantitative estimate of drug-likeness (QED) is 0.246. The third kappa shape index (κ3) is 7.32. The molecule has 1 spiro atoms. The van der Waals surface area contributed by atoms with E-state index in [1.807, 2.05) is 36.4 Å². The van der Waals surface area contributed by atoms with Crippen molar-refractivity contribution >= 4 is 16.0 Å². The summed E-state index contributed by atoms with van der Waals surface area (Å²) in [6, 6.07) is 15.9. The maximum atomic E-state index is 11.3. The molecule has 0 saturated heterocycles. The van der Waals surface area contributed by atoms with E-state index in [1.165, 1.54) is 0 Å². The molecule has 1 heterocycles. The van der Waals surface area contributed by atoms with E-state index in [0.717, 1.165) is 63.8 Å². The van der Waals surface area contributed by atoms with Gasteiger partial charge in [0.15, 0.2) is 0 Å². The number of carbonyl (C=O) groups excluding carboxylic acids is 1. The fourth-order valence-corrected chi connectivity index (χ4v) is 6.33. The average Bonchev–Trinajstić information content (AvgIpc) is 3.60. The van der Waals surface area contributed by atoms with Crippen LogP contribution in [0.4, 0.5) is 0 Å². The summed E-state index contributed by atoms with van der Waals surface area (Å²) in [7, 11) is -3.20. The standard InChI is InChI=1S/C32H37NO7S.Na/c1-20-15-25(38-14-6-13-33-41(4,36)37)16-21(2)31(20)26-8-5-7-23(22(26)3)19-39-24-9-10-27-28(18-30(34)35)32(11-12-32)40-29(27)17-24;/h5,7-10,15-17,28,33H,6,11-14,18-19H2,1-4H3,(H,34,35);/q;+1/p-1. The first-order valence-electron chi connectivity index (χ1n) is 13.9. The van der Waals surface area contributed by atoms with Crippen molar-refractivity contribution in [3.8, 4) is 28.4 Å². The summed E-state index contributed by atoms with van der Waals surface area (Å²) in [6.45, 7) is 7.36. The number of aryl methyl sites for hydroxylation is 2. The Morgan fingerprint density at radius 1 is 1.05 bits per heavy atom. The molecular formula is C32H36NNaO7S. The van der Waals surface area contributed by atoms with Gasteiger partial charge in [0, 0.05) is 30.1 Å². The van der Waals surface area contributed by atoms with Gasteiger partial charge in [-0.3, -0.25) is 0 Å². The summed E-state index contributed by atoms with van der Waals surface area (Å²) in [4.78, 5) is 11.3. The zero-order valence-electron chi connectivity index (χ0n) is 24.9.